The molecule has 51 heavy (non-hydrogen) atoms. The van der Waals surface area contributed by atoms with Crippen molar-refractivity contribution in [3.05, 3.63) is 130 Å². The number of alkyl halides is 3. The maximum absolute atomic E-state index is 12.9. The minimum absolute atomic E-state index is 0.0198. The molecule has 266 valence electrons. The third-order valence-corrected chi connectivity index (χ3v) is 10.3. The first kappa shape index (κ1) is 35.7. The van der Waals surface area contributed by atoms with E-state index in [0.29, 0.717) is 6.42 Å². The van der Waals surface area contributed by atoms with Crippen molar-refractivity contribution in [2.45, 2.75) is 60.7 Å². The summed E-state index contributed by atoms with van der Waals surface area (Å²) in [4.78, 5) is 30.4. The standard InChI is InChI=1S/C39H39Cl3N4O5/c40-39(41,42)37(48)43-22-26-5-3-6-28(19-26)29-7-4-8-30(20-29)36-50-32(21-35(51-36)27-13-11-25(24-47)12-14-27)23-45-17-15-31(16-18-45)46-34-10-2-1-9-33(34)44-38(46)49/h1-14,19-20,31-32,35-36,47H,15-18,21-24H2,(H,43,48)(H,44,49)/t32-,35+,36+/m0/s1. The number of piperidine rings is 1. The number of carbonyl (C=O) groups excluding carboxylic acids is 1. The second kappa shape index (κ2) is 15.5. The highest BCUT2D eigenvalue weighted by Crippen LogP contribution is 2.39. The Morgan fingerprint density at radius 3 is 2.33 bits per heavy atom. The fourth-order valence-electron chi connectivity index (χ4n) is 7.13. The smallest absolute Gasteiger partial charge is 0.326 e. The van der Waals surface area contributed by atoms with Crippen molar-refractivity contribution in [1.82, 2.24) is 19.8 Å². The number of imidazole rings is 1. The van der Waals surface area contributed by atoms with E-state index in [1.165, 1.54) is 0 Å². The fourth-order valence-corrected chi connectivity index (χ4v) is 7.33. The van der Waals surface area contributed by atoms with Gasteiger partial charge in [0.15, 0.2) is 6.29 Å². The lowest BCUT2D eigenvalue weighted by molar-refractivity contribution is -0.253. The Labute approximate surface area is 311 Å². The predicted molar refractivity (Wildman–Crippen MR) is 200 cm³/mol. The number of hydrogen-bond donors (Lipinski definition) is 3. The molecule has 0 aliphatic carbocycles. The van der Waals surface area contributed by atoms with Crippen LogP contribution < -0.4 is 11.0 Å². The normalized spacial score (nSPS) is 20.4. The molecule has 1 amide bonds. The van der Waals surface area contributed by atoms with Crippen LogP contribution in [0.5, 0.6) is 0 Å². The van der Waals surface area contributed by atoms with Gasteiger partial charge in [0.2, 0.25) is 0 Å². The molecule has 1 aromatic heterocycles. The highest BCUT2D eigenvalue weighted by molar-refractivity contribution is 6.76. The van der Waals surface area contributed by atoms with Crippen LogP contribution in [0.15, 0.2) is 102 Å². The van der Waals surface area contributed by atoms with Gasteiger partial charge in [-0.2, -0.15) is 0 Å². The van der Waals surface area contributed by atoms with E-state index in [0.717, 1.165) is 76.9 Å². The van der Waals surface area contributed by atoms with Crippen LogP contribution in [0.3, 0.4) is 0 Å². The lowest BCUT2D eigenvalue weighted by Crippen LogP contribution is -2.43. The topological polar surface area (TPSA) is 109 Å². The summed E-state index contributed by atoms with van der Waals surface area (Å²) in [6, 6.07) is 31.8. The largest absolute Gasteiger partial charge is 0.392 e. The van der Waals surface area contributed by atoms with Gasteiger partial charge in [-0.15, -0.1) is 0 Å². The molecule has 3 atom stereocenters. The second-order valence-electron chi connectivity index (χ2n) is 13.2. The molecule has 2 saturated heterocycles. The number of fused-ring (bicyclic) bond motifs is 1. The third kappa shape index (κ3) is 8.36. The van der Waals surface area contributed by atoms with E-state index < -0.39 is 16.0 Å². The van der Waals surface area contributed by atoms with E-state index in [1.807, 2.05) is 95.6 Å². The van der Waals surface area contributed by atoms with Gasteiger partial charge in [-0.25, -0.2) is 4.79 Å². The zero-order valence-electron chi connectivity index (χ0n) is 27.8. The number of nitrogens with zero attached hydrogens (tertiary/aromatic N) is 2. The minimum Gasteiger partial charge on any atom is -0.392 e. The Morgan fingerprint density at radius 1 is 0.863 bits per heavy atom. The predicted octanol–water partition coefficient (Wildman–Crippen LogP) is 7.36. The number of rotatable bonds is 9. The second-order valence-corrected chi connectivity index (χ2v) is 15.5. The molecule has 7 rings (SSSR count). The molecule has 2 aliphatic heterocycles. The first-order valence-electron chi connectivity index (χ1n) is 17.1. The molecule has 5 aromatic rings. The molecule has 0 radical (unpaired) electrons. The van der Waals surface area contributed by atoms with Gasteiger partial charge in [0.25, 0.3) is 9.70 Å². The highest BCUT2D eigenvalue weighted by atomic mass is 35.6. The summed E-state index contributed by atoms with van der Waals surface area (Å²) >= 11 is 17.1. The van der Waals surface area contributed by atoms with Crippen molar-refractivity contribution in [2.75, 3.05) is 19.6 Å². The van der Waals surface area contributed by atoms with Crippen LogP contribution in [0.1, 0.15) is 60.0 Å². The van der Waals surface area contributed by atoms with E-state index in [-0.39, 0.29) is 37.1 Å². The number of benzene rings is 4. The van der Waals surface area contributed by atoms with Gasteiger partial charge in [-0.1, -0.05) is 108 Å². The number of aromatic amines is 1. The van der Waals surface area contributed by atoms with E-state index >= 15 is 0 Å². The number of carbonyl (C=O) groups is 1. The monoisotopic (exact) mass is 748 g/mol. The average molecular weight is 750 g/mol. The molecule has 0 bridgehead atoms. The van der Waals surface area contributed by atoms with Crippen LogP contribution in [-0.2, 0) is 27.4 Å². The maximum Gasteiger partial charge on any atom is 0.326 e. The van der Waals surface area contributed by atoms with Gasteiger partial charge in [0, 0.05) is 44.2 Å². The number of ether oxygens (including phenoxy) is 2. The van der Waals surface area contributed by atoms with E-state index in [4.69, 9.17) is 44.3 Å². The Kier molecular flexibility index (Phi) is 10.9. The van der Waals surface area contributed by atoms with Crippen molar-refractivity contribution in [3.63, 3.8) is 0 Å². The fraction of sp³-hybridized carbons (Fsp3) is 0.333. The first-order chi connectivity index (χ1) is 24.6. The minimum atomic E-state index is -2.03. The van der Waals surface area contributed by atoms with Crippen LogP contribution in [0.4, 0.5) is 0 Å². The van der Waals surface area contributed by atoms with Crippen molar-refractivity contribution < 1.29 is 19.4 Å². The van der Waals surface area contributed by atoms with Crippen molar-refractivity contribution >= 4 is 51.7 Å². The van der Waals surface area contributed by atoms with Gasteiger partial charge < -0.3 is 29.8 Å². The molecule has 12 heteroatoms. The van der Waals surface area contributed by atoms with E-state index in [2.05, 4.69) is 21.3 Å². The number of aromatic nitrogens is 2. The van der Waals surface area contributed by atoms with E-state index in [1.54, 1.807) is 0 Å². The Morgan fingerprint density at radius 2 is 1.59 bits per heavy atom. The number of likely N-dealkylation sites (tertiary alicyclic amines) is 1. The van der Waals surface area contributed by atoms with E-state index in [9.17, 15) is 14.7 Å². The summed E-state index contributed by atoms with van der Waals surface area (Å²) in [5, 5.41) is 12.3. The number of halogens is 3. The number of aliphatic hydroxyl groups excluding tert-OH is 1. The van der Waals surface area contributed by atoms with Crippen LogP contribution >= 0.6 is 34.8 Å². The number of aliphatic hydroxyl groups is 1. The molecule has 0 saturated carbocycles. The number of H-pyrrole nitrogens is 1. The van der Waals surface area contributed by atoms with Gasteiger partial charge in [-0.05, 0) is 64.9 Å². The zero-order valence-corrected chi connectivity index (χ0v) is 30.1. The van der Waals surface area contributed by atoms with Gasteiger partial charge >= 0.3 is 5.69 Å². The highest BCUT2D eigenvalue weighted by Gasteiger charge is 2.35. The number of nitrogens with one attached hydrogen (secondary N) is 2. The van der Waals surface area contributed by atoms with Gasteiger partial charge in [0.1, 0.15) is 0 Å². The number of amides is 1. The summed E-state index contributed by atoms with van der Waals surface area (Å²) in [7, 11) is 0. The summed E-state index contributed by atoms with van der Waals surface area (Å²) in [6.07, 6.45) is 1.49. The molecule has 4 aromatic carbocycles. The summed E-state index contributed by atoms with van der Waals surface area (Å²) < 4.78 is 13.3. The summed E-state index contributed by atoms with van der Waals surface area (Å²) in [5.41, 5.74) is 7.31. The molecule has 0 spiro atoms. The quantitative estimate of drug-likeness (QED) is 0.136. The SMILES string of the molecule is O=C(NCc1cccc(-c2cccc([C@@H]3O[C@H](CN4CCC(n5c(=O)[nH]c6ccccc65)CC4)C[C@H](c4ccc(CO)cc4)O3)c2)c1)C(Cl)(Cl)Cl. The van der Waals surface area contributed by atoms with Crippen LogP contribution in [-0.4, -0.2) is 55.0 Å². The van der Waals surface area contributed by atoms with Gasteiger partial charge in [-0.3, -0.25) is 9.36 Å². The third-order valence-electron chi connectivity index (χ3n) is 9.75. The van der Waals surface area contributed by atoms with Crippen molar-refractivity contribution in [3.8, 4) is 11.1 Å². The van der Waals surface area contributed by atoms with Crippen molar-refractivity contribution in [1.29, 1.82) is 0 Å². The van der Waals surface area contributed by atoms with Crippen LogP contribution in [0.2, 0.25) is 0 Å². The molecule has 0 unspecified atom stereocenters. The lowest BCUT2D eigenvalue weighted by Gasteiger charge is -2.40. The average Bonchev–Trinajstić information content (AvgIpc) is 3.49. The summed E-state index contributed by atoms with van der Waals surface area (Å²) in [6.45, 7) is 2.64. The van der Waals surface area contributed by atoms with Crippen LogP contribution in [0, 0.1) is 0 Å². The zero-order chi connectivity index (χ0) is 35.5. The Balaban J connectivity index is 1.07. The Hall–Kier alpha value is -3.67. The molecule has 2 aliphatic rings. The van der Waals surface area contributed by atoms with Crippen molar-refractivity contribution in [2.24, 2.45) is 0 Å². The molecule has 3 N–H and O–H groups in total. The molecular weight excluding hydrogens is 711 g/mol. The number of para-hydroxylation sites is 2. The summed E-state index contributed by atoms with van der Waals surface area (Å²) in [5.74, 6) is -0.684. The molecular formula is C39H39Cl3N4O5. The molecule has 3 heterocycles. The van der Waals surface area contributed by atoms with Gasteiger partial charge in [0.05, 0.1) is 29.8 Å². The maximum atomic E-state index is 12.9. The number of hydrogen-bond acceptors (Lipinski definition) is 6. The van der Waals surface area contributed by atoms with Crippen LogP contribution in [0.25, 0.3) is 22.2 Å². The lowest BCUT2D eigenvalue weighted by atomic mass is 9.97. The first-order valence-corrected chi connectivity index (χ1v) is 18.2. The molecule has 2 fully saturated rings. The molecule has 9 nitrogen and oxygen atoms in total. The Bertz CT molecular complexity index is 2040.